The summed E-state index contributed by atoms with van der Waals surface area (Å²) in [6.45, 7) is 7.72. The molecule has 2 nitrogen and oxygen atoms in total. The molecule has 0 spiro atoms. The summed E-state index contributed by atoms with van der Waals surface area (Å²) < 4.78 is 2.34. The molecular weight excluding hydrogens is 220 g/mol. The molecule has 0 fully saturated rings. The molecule has 1 aromatic carbocycles. The normalized spacial score (nSPS) is 13.4. The third-order valence-electron chi connectivity index (χ3n) is 3.42. The van der Waals surface area contributed by atoms with Crippen molar-refractivity contribution >= 4 is 10.9 Å². The molecule has 2 rings (SSSR count). The Kier molecular flexibility index (Phi) is 4.07. The molecule has 0 aliphatic carbocycles. The van der Waals surface area contributed by atoms with Crippen LogP contribution in [-0.4, -0.2) is 10.6 Å². The van der Waals surface area contributed by atoms with E-state index in [1.807, 2.05) is 0 Å². The molecule has 0 amide bonds. The lowest BCUT2D eigenvalue weighted by molar-refractivity contribution is 0.535. The molecule has 2 N–H and O–H groups in total. The van der Waals surface area contributed by atoms with Gasteiger partial charge in [-0.2, -0.15) is 0 Å². The summed E-state index contributed by atoms with van der Waals surface area (Å²) >= 11 is 0. The maximum absolute atomic E-state index is 6.01. The first-order valence-electron chi connectivity index (χ1n) is 6.93. The van der Waals surface area contributed by atoms with Crippen LogP contribution in [0, 0.1) is 5.92 Å². The molecule has 0 bridgehead atoms. The molecule has 2 heteroatoms. The third-order valence-corrected chi connectivity index (χ3v) is 3.42. The number of benzene rings is 1. The van der Waals surface area contributed by atoms with E-state index in [1.54, 1.807) is 0 Å². The molecule has 2 aromatic rings. The summed E-state index contributed by atoms with van der Waals surface area (Å²) in [5.74, 6) is 0.675. The van der Waals surface area contributed by atoms with Gasteiger partial charge in [-0.05, 0) is 47.9 Å². The predicted octanol–water partition coefficient (Wildman–Crippen LogP) is 3.58. The summed E-state index contributed by atoms with van der Waals surface area (Å²) in [6, 6.07) is 9.21. The average Bonchev–Trinajstić information content (AvgIpc) is 2.71. The summed E-state index contributed by atoms with van der Waals surface area (Å²) in [5.41, 5.74) is 8.69. The van der Waals surface area contributed by atoms with Gasteiger partial charge in [0.1, 0.15) is 0 Å². The highest BCUT2D eigenvalue weighted by Gasteiger charge is 2.06. The lowest BCUT2D eigenvalue weighted by atomic mass is 10.0. The molecular formula is C16H24N2. The second-order valence-corrected chi connectivity index (χ2v) is 5.63. The number of hydrogen-bond acceptors (Lipinski definition) is 1. The smallest absolute Gasteiger partial charge is 0.0480 e. The fraction of sp³-hybridized carbons (Fsp3) is 0.500. The van der Waals surface area contributed by atoms with Gasteiger partial charge < -0.3 is 10.3 Å². The second-order valence-electron chi connectivity index (χ2n) is 5.63. The summed E-state index contributed by atoms with van der Waals surface area (Å²) in [7, 11) is 0. The van der Waals surface area contributed by atoms with Crippen LogP contribution in [0.15, 0.2) is 30.5 Å². The van der Waals surface area contributed by atoms with Gasteiger partial charge in [0.25, 0.3) is 0 Å². The van der Waals surface area contributed by atoms with Crippen LogP contribution in [-0.2, 0) is 13.0 Å². The van der Waals surface area contributed by atoms with Gasteiger partial charge in [0, 0.05) is 24.3 Å². The largest absolute Gasteiger partial charge is 0.347 e. The van der Waals surface area contributed by atoms with Crippen molar-refractivity contribution in [1.82, 2.24) is 4.57 Å². The first-order valence-corrected chi connectivity index (χ1v) is 6.93. The van der Waals surface area contributed by atoms with Crippen LogP contribution in [0.3, 0.4) is 0 Å². The lowest BCUT2D eigenvalue weighted by Gasteiger charge is -2.10. The first kappa shape index (κ1) is 13.2. The highest BCUT2D eigenvalue weighted by atomic mass is 15.0. The Morgan fingerprint density at radius 3 is 2.67 bits per heavy atom. The first-order chi connectivity index (χ1) is 8.60. The predicted molar refractivity (Wildman–Crippen MR) is 78.7 cm³/mol. The van der Waals surface area contributed by atoms with Crippen molar-refractivity contribution in [3.05, 3.63) is 36.0 Å². The molecule has 1 atom stereocenters. The molecule has 0 saturated carbocycles. The molecule has 0 aliphatic rings. The van der Waals surface area contributed by atoms with Crippen molar-refractivity contribution in [1.29, 1.82) is 0 Å². The molecule has 98 valence electrons. The Hall–Kier alpha value is -1.28. The van der Waals surface area contributed by atoms with Gasteiger partial charge in [0.15, 0.2) is 0 Å². The van der Waals surface area contributed by atoms with Gasteiger partial charge in [-0.3, -0.25) is 0 Å². The summed E-state index contributed by atoms with van der Waals surface area (Å²) in [4.78, 5) is 0. The Morgan fingerprint density at radius 1 is 1.22 bits per heavy atom. The standard InChI is InChI=1S/C16H24N2/c1-4-15(17)10-13-5-6-16-14(9-13)7-8-18(16)11-12(2)3/h5-9,12,15H,4,10-11,17H2,1-3H3. The van der Waals surface area contributed by atoms with E-state index in [9.17, 15) is 0 Å². The maximum atomic E-state index is 6.01. The molecule has 0 aliphatic heterocycles. The highest BCUT2D eigenvalue weighted by molar-refractivity contribution is 5.80. The van der Waals surface area contributed by atoms with Crippen LogP contribution in [0.2, 0.25) is 0 Å². The van der Waals surface area contributed by atoms with Gasteiger partial charge in [-0.1, -0.05) is 26.8 Å². The number of nitrogens with two attached hydrogens (primary N) is 1. The van der Waals surface area contributed by atoms with Gasteiger partial charge >= 0.3 is 0 Å². The van der Waals surface area contributed by atoms with E-state index in [-0.39, 0.29) is 6.04 Å². The zero-order valence-corrected chi connectivity index (χ0v) is 11.7. The zero-order chi connectivity index (χ0) is 13.1. The molecule has 1 aromatic heterocycles. The Balaban J connectivity index is 2.25. The number of aromatic nitrogens is 1. The van der Waals surface area contributed by atoms with Gasteiger partial charge in [0.2, 0.25) is 0 Å². The number of nitrogens with zero attached hydrogens (tertiary/aromatic N) is 1. The Morgan fingerprint density at radius 2 is 2.00 bits per heavy atom. The lowest BCUT2D eigenvalue weighted by Crippen LogP contribution is -2.21. The topological polar surface area (TPSA) is 30.9 Å². The van der Waals surface area contributed by atoms with Crippen molar-refractivity contribution in [2.45, 2.75) is 46.2 Å². The average molecular weight is 244 g/mol. The SMILES string of the molecule is CCC(N)Cc1ccc2c(ccn2CC(C)C)c1. The van der Waals surface area contributed by atoms with Crippen molar-refractivity contribution < 1.29 is 0 Å². The van der Waals surface area contributed by atoms with Crippen LogP contribution in [0.1, 0.15) is 32.8 Å². The van der Waals surface area contributed by atoms with Crippen LogP contribution in [0.25, 0.3) is 10.9 Å². The van der Waals surface area contributed by atoms with Crippen LogP contribution in [0.5, 0.6) is 0 Å². The fourth-order valence-electron chi connectivity index (χ4n) is 2.38. The van der Waals surface area contributed by atoms with Crippen molar-refractivity contribution in [2.75, 3.05) is 0 Å². The van der Waals surface area contributed by atoms with E-state index in [4.69, 9.17) is 5.73 Å². The van der Waals surface area contributed by atoms with Crippen molar-refractivity contribution in [2.24, 2.45) is 11.7 Å². The van der Waals surface area contributed by atoms with E-state index in [1.165, 1.54) is 16.5 Å². The second kappa shape index (κ2) is 5.57. The van der Waals surface area contributed by atoms with Gasteiger partial charge in [-0.15, -0.1) is 0 Å². The fourth-order valence-corrected chi connectivity index (χ4v) is 2.38. The number of rotatable bonds is 5. The van der Waals surface area contributed by atoms with E-state index >= 15 is 0 Å². The van der Waals surface area contributed by atoms with E-state index in [2.05, 4.69) is 55.8 Å². The van der Waals surface area contributed by atoms with Gasteiger partial charge in [0.05, 0.1) is 0 Å². The van der Waals surface area contributed by atoms with Crippen LogP contribution >= 0.6 is 0 Å². The molecule has 1 unspecified atom stereocenters. The monoisotopic (exact) mass is 244 g/mol. The van der Waals surface area contributed by atoms with E-state index in [0.717, 1.165) is 19.4 Å². The quantitative estimate of drug-likeness (QED) is 0.856. The summed E-state index contributed by atoms with van der Waals surface area (Å²) in [6.07, 6.45) is 4.20. The summed E-state index contributed by atoms with van der Waals surface area (Å²) in [5, 5.41) is 1.33. The minimum Gasteiger partial charge on any atom is -0.347 e. The third kappa shape index (κ3) is 2.94. The number of fused-ring (bicyclic) bond motifs is 1. The molecule has 18 heavy (non-hydrogen) atoms. The Bertz CT molecular complexity index is 511. The zero-order valence-electron chi connectivity index (χ0n) is 11.7. The van der Waals surface area contributed by atoms with Crippen molar-refractivity contribution in [3.63, 3.8) is 0 Å². The van der Waals surface area contributed by atoms with E-state index < -0.39 is 0 Å². The highest BCUT2D eigenvalue weighted by Crippen LogP contribution is 2.19. The number of hydrogen-bond donors (Lipinski definition) is 1. The van der Waals surface area contributed by atoms with Gasteiger partial charge in [-0.25, -0.2) is 0 Å². The Labute approximate surface area is 110 Å². The molecule has 0 saturated heterocycles. The minimum absolute atomic E-state index is 0.278. The molecule has 0 radical (unpaired) electrons. The molecule has 1 heterocycles. The van der Waals surface area contributed by atoms with Crippen LogP contribution in [0.4, 0.5) is 0 Å². The minimum atomic E-state index is 0.278. The maximum Gasteiger partial charge on any atom is 0.0480 e. The van der Waals surface area contributed by atoms with Crippen LogP contribution < -0.4 is 5.73 Å². The van der Waals surface area contributed by atoms with E-state index in [0.29, 0.717) is 5.92 Å². The van der Waals surface area contributed by atoms with Crippen molar-refractivity contribution in [3.8, 4) is 0 Å².